The molecule has 6 nitrogen and oxygen atoms in total. The number of anilines is 1. The summed E-state index contributed by atoms with van der Waals surface area (Å²) < 4.78 is 5.04. The normalized spacial score (nSPS) is 15.8. The van der Waals surface area contributed by atoms with Gasteiger partial charge < -0.3 is 19.5 Å². The van der Waals surface area contributed by atoms with Gasteiger partial charge in [0, 0.05) is 26.2 Å². The second-order valence-electron chi connectivity index (χ2n) is 5.19. The van der Waals surface area contributed by atoms with Crippen molar-refractivity contribution < 1.29 is 14.0 Å². The first-order valence-electron chi connectivity index (χ1n) is 7.06. The Morgan fingerprint density at radius 3 is 2.64 bits per heavy atom. The van der Waals surface area contributed by atoms with Crippen LogP contribution in [0.1, 0.15) is 20.2 Å². The molecule has 3 rings (SSSR count). The maximum atomic E-state index is 12.4. The Morgan fingerprint density at radius 1 is 1.18 bits per heavy atom. The van der Waals surface area contributed by atoms with Gasteiger partial charge in [-0.1, -0.05) is 0 Å². The quantitative estimate of drug-likeness (QED) is 0.939. The molecule has 2 aromatic rings. The Balaban J connectivity index is 1.63. The van der Waals surface area contributed by atoms with E-state index in [0.29, 0.717) is 9.88 Å². The Hall–Kier alpha value is -2.12. The second kappa shape index (κ2) is 6.33. The van der Waals surface area contributed by atoms with Gasteiger partial charge in [0.05, 0.1) is 16.1 Å². The molecular formula is C15H17N3O3S. The van der Waals surface area contributed by atoms with Crippen molar-refractivity contribution in [1.29, 1.82) is 0 Å². The van der Waals surface area contributed by atoms with Gasteiger partial charge in [0.1, 0.15) is 0 Å². The number of carbonyl (C=O) groups is 2. The van der Waals surface area contributed by atoms with E-state index in [0.717, 1.165) is 26.2 Å². The summed E-state index contributed by atoms with van der Waals surface area (Å²) in [7, 11) is 2.05. The predicted octanol–water partition coefficient (Wildman–Crippen LogP) is 1.98. The predicted molar refractivity (Wildman–Crippen MR) is 84.4 cm³/mol. The molecule has 1 fully saturated rings. The molecule has 1 saturated heterocycles. The van der Waals surface area contributed by atoms with E-state index in [-0.39, 0.29) is 17.6 Å². The number of likely N-dealkylation sites (N-methyl/N-ethyl adjacent to an activating group) is 1. The van der Waals surface area contributed by atoms with E-state index in [1.165, 1.54) is 17.6 Å². The second-order valence-corrected chi connectivity index (χ2v) is 6.27. The van der Waals surface area contributed by atoms with Crippen molar-refractivity contribution in [3.8, 4) is 0 Å². The molecule has 0 atom stereocenters. The summed E-state index contributed by atoms with van der Waals surface area (Å²) in [6.07, 6.45) is 1.45. The first kappa shape index (κ1) is 14.8. The third-order valence-corrected chi connectivity index (χ3v) is 4.58. The average Bonchev–Trinajstić information content (AvgIpc) is 3.19. The Labute approximate surface area is 132 Å². The van der Waals surface area contributed by atoms with E-state index in [9.17, 15) is 9.59 Å². The number of hydrogen-bond acceptors (Lipinski definition) is 5. The van der Waals surface area contributed by atoms with Crippen LogP contribution in [0.4, 0.5) is 5.00 Å². The SMILES string of the molecule is CN1CCN(C(=O)c2ccc(NC(=O)c3ccco3)s2)CC1. The van der Waals surface area contributed by atoms with Crippen molar-refractivity contribution in [1.82, 2.24) is 9.80 Å². The summed E-state index contributed by atoms with van der Waals surface area (Å²) in [6.45, 7) is 3.25. The minimum Gasteiger partial charge on any atom is -0.459 e. The molecule has 1 aliphatic heterocycles. The summed E-state index contributed by atoms with van der Waals surface area (Å²) in [6, 6.07) is 6.75. The number of rotatable bonds is 3. The number of piperazine rings is 1. The summed E-state index contributed by atoms with van der Waals surface area (Å²) >= 11 is 1.28. The van der Waals surface area contributed by atoms with Crippen LogP contribution in [-0.4, -0.2) is 54.8 Å². The summed E-state index contributed by atoms with van der Waals surface area (Å²) in [4.78, 5) is 29.0. The highest BCUT2D eigenvalue weighted by molar-refractivity contribution is 7.18. The van der Waals surface area contributed by atoms with E-state index in [1.54, 1.807) is 24.3 Å². The van der Waals surface area contributed by atoms with Crippen LogP contribution < -0.4 is 5.32 Å². The molecular weight excluding hydrogens is 302 g/mol. The summed E-state index contributed by atoms with van der Waals surface area (Å²) in [5, 5.41) is 3.37. The van der Waals surface area contributed by atoms with Gasteiger partial charge in [-0.2, -0.15) is 0 Å². The average molecular weight is 319 g/mol. The van der Waals surface area contributed by atoms with Crippen LogP contribution >= 0.6 is 11.3 Å². The van der Waals surface area contributed by atoms with Gasteiger partial charge in [-0.15, -0.1) is 11.3 Å². The Kier molecular flexibility index (Phi) is 4.26. The van der Waals surface area contributed by atoms with Gasteiger partial charge >= 0.3 is 0 Å². The molecule has 0 unspecified atom stereocenters. The number of thiophene rings is 1. The third-order valence-electron chi connectivity index (χ3n) is 3.59. The van der Waals surface area contributed by atoms with Gasteiger partial charge in [-0.05, 0) is 31.3 Å². The maximum Gasteiger partial charge on any atom is 0.291 e. The fraction of sp³-hybridized carbons (Fsp3) is 0.333. The van der Waals surface area contributed by atoms with Crippen LogP contribution in [0.5, 0.6) is 0 Å². The molecule has 1 aliphatic rings. The van der Waals surface area contributed by atoms with Crippen LogP contribution in [-0.2, 0) is 0 Å². The van der Waals surface area contributed by atoms with Crippen molar-refractivity contribution in [2.75, 3.05) is 38.5 Å². The largest absolute Gasteiger partial charge is 0.459 e. The molecule has 116 valence electrons. The standard InChI is InChI=1S/C15H17N3O3S/c1-17-6-8-18(9-7-17)15(20)12-4-5-13(22-12)16-14(19)11-3-2-10-21-11/h2-5,10H,6-9H2,1H3,(H,16,19). The van der Waals surface area contributed by atoms with Crippen molar-refractivity contribution in [3.63, 3.8) is 0 Å². The van der Waals surface area contributed by atoms with Gasteiger partial charge in [0.25, 0.3) is 11.8 Å². The monoisotopic (exact) mass is 319 g/mol. The minimum absolute atomic E-state index is 0.0246. The summed E-state index contributed by atoms with van der Waals surface area (Å²) in [5.41, 5.74) is 0. The van der Waals surface area contributed by atoms with Crippen LogP contribution in [0.15, 0.2) is 34.9 Å². The zero-order chi connectivity index (χ0) is 15.5. The number of furan rings is 1. The number of hydrogen-bond donors (Lipinski definition) is 1. The first-order valence-corrected chi connectivity index (χ1v) is 7.87. The minimum atomic E-state index is -0.314. The Morgan fingerprint density at radius 2 is 1.95 bits per heavy atom. The van der Waals surface area contributed by atoms with Crippen molar-refractivity contribution in [2.24, 2.45) is 0 Å². The number of nitrogens with one attached hydrogen (secondary N) is 1. The topological polar surface area (TPSA) is 65.8 Å². The van der Waals surface area contributed by atoms with Gasteiger partial charge in [-0.3, -0.25) is 9.59 Å². The van der Waals surface area contributed by atoms with E-state index in [1.807, 2.05) is 4.90 Å². The molecule has 2 aromatic heterocycles. The zero-order valence-corrected chi connectivity index (χ0v) is 13.1. The van der Waals surface area contributed by atoms with Crippen molar-refractivity contribution in [2.45, 2.75) is 0 Å². The molecule has 1 N–H and O–H groups in total. The molecule has 22 heavy (non-hydrogen) atoms. The highest BCUT2D eigenvalue weighted by Gasteiger charge is 2.22. The first-order chi connectivity index (χ1) is 10.6. The van der Waals surface area contributed by atoms with Gasteiger partial charge in [-0.25, -0.2) is 0 Å². The van der Waals surface area contributed by atoms with Crippen LogP contribution in [0.2, 0.25) is 0 Å². The smallest absolute Gasteiger partial charge is 0.291 e. The fourth-order valence-corrected chi connectivity index (χ4v) is 3.14. The molecule has 0 spiro atoms. The van der Waals surface area contributed by atoms with E-state index >= 15 is 0 Å². The fourth-order valence-electron chi connectivity index (χ4n) is 2.27. The molecule has 2 amide bonds. The number of nitrogens with zero attached hydrogens (tertiary/aromatic N) is 2. The molecule has 0 aromatic carbocycles. The molecule has 3 heterocycles. The van der Waals surface area contributed by atoms with Crippen molar-refractivity contribution >= 4 is 28.2 Å². The Bertz CT molecular complexity index is 657. The molecule has 0 bridgehead atoms. The lowest BCUT2D eigenvalue weighted by atomic mass is 10.3. The number of amides is 2. The van der Waals surface area contributed by atoms with E-state index in [4.69, 9.17) is 4.42 Å². The highest BCUT2D eigenvalue weighted by atomic mass is 32.1. The molecule has 0 aliphatic carbocycles. The van der Waals surface area contributed by atoms with Gasteiger partial charge in [0.2, 0.25) is 0 Å². The molecule has 0 saturated carbocycles. The lowest BCUT2D eigenvalue weighted by molar-refractivity contribution is 0.0669. The summed E-state index contributed by atoms with van der Waals surface area (Å²) in [5.74, 6) is -0.0395. The van der Waals surface area contributed by atoms with Crippen LogP contribution in [0, 0.1) is 0 Å². The third kappa shape index (κ3) is 3.20. The van der Waals surface area contributed by atoms with Gasteiger partial charge in [0.15, 0.2) is 5.76 Å². The lowest BCUT2D eigenvalue weighted by Gasteiger charge is -2.32. The highest BCUT2D eigenvalue weighted by Crippen LogP contribution is 2.24. The van der Waals surface area contributed by atoms with E-state index < -0.39 is 0 Å². The molecule has 7 heteroatoms. The zero-order valence-electron chi connectivity index (χ0n) is 12.2. The van der Waals surface area contributed by atoms with Crippen molar-refractivity contribution in [3.05, 3.63) is 41.2 Å². The number of carbonyl (C=O) groups excluding carboxylic acids is 2. The van der Waals surface area contributed by atoms with E-state index in [2.05, 4.69) is 17.3 Å². The van der Waals surface area contributed by atoms with Crippen LogP contribution in [0.3, 0.4) is 0 Å². The van der Waals surface area contributed by atoms with Crippen LogP contribution in [0.25, 0.3) is 0 Å². The lowest BCUT2D eigenvalue weighted by Crippen LogP contribution is -2.46. The molecule has 0 radical (unpaired) electrons. The maximum absolute atomic E-state index is 12.4.